The molecule has 0 aliphatic heterocycles. The first-order valence-electron chi connectivity index (χ1n) is 5.48. The standard InChI is InChI=1S/C11H9BrN4OS/c12-10-5-9(4-1-7(10)6-17)18-11-13-14-15-16(11)8-2-3-8/h1,4-6,8H,2-3H2. The van der Waals surface area contributed by atoms with Crippen LogP contribution in [0.3, 0.4) is 0 Å². The van der Waals surface area contributed by atoms with Crippen LogP contribution in [-0.4, -0.2) is 26.5 Å². The Balaban J connectivity index is 1.85. The van der Waals surface area contributed by atoms with Crippen LogP contribution in [0.4, 0.5) is 0 Å². The van der Waals surface area contributed by atoms with E-state index in [0.717, 1.165) is 33.7 Å². The predicted molar refractivity (Wildman–Crippen MR) is 69.7 cm³/mol. The van der Waals surface area contributed by atoms with Crippen LogP contribution in [0.25, 0.3) is 0 Å². The SMILES string of the molecule is O=Cc1ccc(Sc2nnnn2C2CC2)cc1Br. The third-order valence-electron chi connectivity index (χ3n) is 2.66. The Kier molecular flexibility index (Phi) is 3.17. The number of carbonyl (C=O) groups excluding carboxylic acids is 1. The van der Waals surface area contributed by atoms with Crippen LogP contribution < -0.4 is 0 Å². The summed E-state index contributed by atoms with van der Waals surface area (Å²) in [4.78, 5) is 11.7. The van der Waals surface area contributed by atoms with E-state index in [0.29, 0.717) is 11.6 Å². The van der Waals surface area contributed by atoms with Gasteiger partial charge in [-0.15, -0.1) is 5.10 Å². The van der Waals surface area contributed by atoms with Gasteiger partial charge < -0.3 is 0 Å². The summed E-state index contributed by atoms with van der Waals surface area (Å²) in [5, 5.41) is 12.5. The molecule has 92 valence electrons. The monoisotopic (exact) mass is 324 g/mol. The highest BCUT2D eigenvalue weighted by atomic mass is 79.9. The quantitative estimate of drug-likeness (QED) is 0.809. The number of aromatic nitrogens is 4. The lowest BCUT2D eigenvalue weighted by molar-refractivity contribution is 0.112. The van der Waals surface area contributed by atoms with Gasteiger partial charge in [-0.2, -0.15) is 0 Å². The second-order valence-corrected chi connectivity index (χ2v) is 5.94. The first-order valence-corrected chi connectivity index (χ1v) is 7.09. The van der Waals surface area contributed by atoms with Gasteiger partial charge in [-0.3, -0.25) is 4.79 Å². The number of hydrogen-bond acceptors (Lipinski definition) is 5. The van der Waals surface area contributed by atoms with Gasteiger partial charge >= 0.3 is 0 Å². The number of hydrogen-bond donors (Lipinski definition) is 0. The third-order valence-corrected chi connectivity index (χ3v) is 4.29. The molecule has 0 amide bonds. The minimum atomic E-state index is 0.459. The van der Waals surface area contributed by atoms with Crippen LogP contribution in [0.5, 0.6) is 0 Å². The molecule has 0 radical (unpaired) electrons. The second kappa shape index (κ2) is 4.81. The van der Waals surface area contributed by atoms with Gasteiger partial charge in [-0.1, -0.05) is 15.9 Å². The summed E-state index contributed by atoms with van der Waals surface area (Å²) in [6.45, 7) is 0. The topological polar surface area (TPSA) is 60.7 Å². The van der Waals surface area contributed by atoms with Crippen molar-refractivity contribution in [2.45, 2.75) is 28.9 Å². The fourth-order valence-corrected chi connectivity index (χ4v) is 3.08. The first-order chi connectivity index (χ1) is 8.78. The maximum absolute atomic E-state index is 10.7. The molecule has 2 aromatic rings. The predicted octanol–water partition coefficient (Wildman–Crippen LogP) is 2.73. The Labute approximate surface area is 116 Å². The van der Waals surface area contributed by atoms with E-state index < -0.39 is 0 Å². The van der Waals surface area contributed by atoms with Gasteiger partial charge in [-0.25, -0.2) is 4.68 Å². The number of halogens is 1. The summed E-state index contributed by atoms with van der Waals surface area (Å²) >= 11 is 4.87. The van der Waals surface area contributed by atoms with Crippen LogP contribution in [-0.2, 0) is 0 Å². The Morgan fingerprint density at radius 2 is 2.28 bits per heavy atom. The largest absolute Gasteiger partial charge is 0.298 e. The molecule has 0 unspecified atom stereocenters. The van der Waals surface area contributed by atoms with E-state index in [1.54, 1.807) is 6.07 Å². The molecule has 0 bridgehead atoms. The summed E-state index contributed by atoms with van der Waals surface area (Å²) < 4.78 is 2.65. The van der Waals surface area contributed by atoms with Gasteiger partial charge in [0.2, 0.25) is 5.16 Å². The fraction of sp³-hybridized carbons (Fsp3) is 0.273. The van der Waals surface area contributed by atoms with Crippen molar-refractivity contribution in [2.24, 2.45) is 0 Å². The number of benzene rings is 1. The van der Waals surface area contributed by atoms with E-state index in [-0.39, 0.29) is 0 Å². The number of nitrogens with zero attached hydrogens (tertiary/aromatic N) is 4. The number of tetrazole rings is 1. The van der Waals surface area contributed by atoms with Crippen molar-refractivity contribution < 1.29 is 4.79 Å². The van der Waals surface area contributed by atoms with Gasteiger partial charge in [0.1, 0.15) is 0 Å². The Bertz CT molecular complexity index is 596. The van der Waals surface area contributed by atoms with E-state index in [9.17, 15) is 4.79 Å². The maximum atomic E-state index is 10.7. The molecule has 1 fully saturated rings. The van der Waals surface area contributed by atoms with Crippen molar-refractivity contribution >= 4 is 34.0 Å². The highest BCUT2D eigenvalue weighted by molar-refractivity contribution is 9.10. The maximum Gasteiger partial charge on any atom is 0.214 e. The van der Waals surface area contributed by atoms with E-state index >= 15 is 0 Å². The van der Waals surface area contributed by atoms with E-state index in [2.05, 4.69) is 31.5 Å². The summed E-state index contributed by atoms with van der Waals surface area (Å²) in [5.74, 6) is 0. The van der Waals surface area contributed by atoms with Crippen molar-refractivity contribution in [2.75, 3.05) is 0 Å². The lowest BCUT2D eigenvalue weighted by Gasteiger charge is -2.03. The zero-order chi connectivity index (χ0) is 12.5. The highest BCUT2D eigenvalue weighted by Crippen LogP contribution is 2.38. The molecule has 0 atom stereocenters. The summed E-state index contributed by atoms with van der Waals surface area (Å²) in [5.41, 5.74) is 0.640. The molecule has 1 aliphatic rings. The Morgan fingerprint density at radius 1 is 1.44 bits per heavy atom. The smallest absolute Gasteiger partial charge is 0.214 e. The van der Waals surface area contributed by atoms with E-state index in [1.807, 2.05) is 16.8 Å². The fourth-order valence-electron chi connectivity index (χ4n) is 1.57. The molecule has 1 heterocycles. The summed E-state index contributed by atoms with van der Waals surface area (Å²) in [7, 11) is 0. The van der Waals surface area contributed by atoms with E-state index in [4.69, 9.17) is 0 Å². The second-order valence-electron chi connectivity index (χ2n) is 4.04. The molecule has 7 heteroatoms. The molecular weight excluding hydrogens is 316 g/mol. The molecule has 1 aromatic carbocycles. The minimum Gasteiger partial charge on any atom is -0.298 e. The molecule has 1 saturated carbocycles. The molecule has 0 N–H and O–H groups in total. The van der Waals surface area contributed by atoms with Crippen molar-refractivity contribution in [3.8, 4) is 0 Å². The van der Waals surface area contributed by atoms with Crippen LogP contribution in [0.15, 0.2) is 32.7 Å². The van der Waals surface area contributed by atoms with Crippen LogP contribution in [0.2, 0.25) is 0 Å². The normalized spacial score (nSPS) is 14.7. The third kappa shape index (κ3) is 2.32. The molecule has 3 rings (SSSR count). The van der Waals surface area contributed by atoms with Crippen molar-refractivity contribution in [1.29, 1.82) is 0 Å². The first kappa shape index (κ1) is 11.9. The van der Waals surface area contributed by atoms with Crippen molar-refractivity contribution in [3.05, 3.63) is 28.2 Å². The molecular formula is C11H9BrN4OS. The van der Waals surface area contributed by atoms with Gasteiger partial charge in [0.25, 0.3) is 0 Å². The zero-order valence-corrected chi connectivity index (χ0v) is 11.7. The van der Waals surface area contributed by atoms with Gasteiger partial charge in [0.15, 0.2) is 6.29 Å². The number of rotatable bonds is 4. The Morgan fingerprint density at radius 3 is 2.94 bits per heavy atom. The summed E-state index contributed by atoms with van der Waals surface area (Å²) in [6, 6.07) is 6.04. The molecule has 0 saturated heterocycles. The molecule has 18 heavy (non-hydrogen) atoms. The molecule has 1 aliphatic carbocycles. The van der Waals surface area contributed by atoms with Crippen LogP contribution >= 0.6 is 27.7 Å². The van der Waals surface area contributed by atoms with Crippen molar-refractivity contribution in [1.82, 2.24) is 20.2 Å². The van der Waals surface area contributed by atoms with Gasteiger partial charge in [-0.05, 0) is 53.2 Å². The summed E-state index contributed by atoms with van der Waals surface area (Å²) in [6.07, 6.45) is 3.12. The van der Waals surface area contributed by atoms with Gasteiger partial charge in [0.05, 0.1) is 6.04 Å². The average Bonchev–Trinajstić information content (AvgIpc) is 3.11. The average molecular weight is 325 g/mol. The van der Waals surface area contributed by atoms with Crippen LogP contribution in [0.1, 0.15) is 29.2 Å². The minimum absolute atomic E-state index is 0.459. The highest BCUT2D eigenvalue weighted by Gasteiger charge is 2.28. The molecule has 1 aromatic heterocycles. The molecule has 0 spiro atoms. The molecule has 5 nitrogen and oxygen atoms in total. The van der Waals surface area contributed by atoms with Crippen molar-refractivity contribution in [3.63, 3.8) is 0 Å². The van der Waals surface area contributed by atoms with E-state index in [1.165, 1.54) is 11.8 Å². The number of aldehydes is 1. The zero-order valence-electron chi connectivity index (χ0n) is 9.28. The lowest BCUT2D eigenvalue weighted by atomic mass is 10.2. The lowest BCUT2D eigenvalue weighted by Crippen LogP contribution is -1.98. The number of carbonyl (C=O) groups is 1. The Hall–Kier alpha value is -1.21. The van der Waals surface area contributed by atoms with Crippen LogP contribution in [0, 0.1) is 0 Å². The van der Waals surface area contributed by atoms with Gasteiger partial charge in [0, 0.05) is 14.9 Å².